The van der Waals surface area contributed by atoms with Gasteiger partial charge in [-0.25, -0.2) is 9.97 Å². The van der Waals surface area contributed by atoms with Gasteiger partial charge in [0.2, 0.25) is 5.91 Å². The monoisotopic (exact) mass is 301 g/mol. The van der Waals surface area contributed by atoms with E-state index < -0.39 is 0 Å². The molecule has 0 saturated carbocycles. The van der Waals surface area contributed by atoms with Crippen LogP contribution in [0.2, 0.25) is 0 Å². The minimum atomic E-state index is -0.278. The third-order valence-corrected chi connectivity index (χ3v) is 3.47. The average molecular weight is 301 g/mol. The number of hydrogen-bond donors (Lipinski definition) is 2. The van der Waals surface area contributed by atoms with E-state index in [2.05, 4.69) is 20.6 Å². The molecule has 1 aliphatic rings. The Morgan fingerprint density at radius 3 is 2.95 bits per heavy atom. The molecule has 7 heteroatoms. The van der Waals surface area contributed by atoms with Crippen molar-refractivity contribution in [1.82, 2.24) is 19.9 Å². The van der Waals surface area contributed by atoms with Gasteiger partial charge >= 0.3 is 0 Å². The van der Waals surface area contributed by atoms with Crippen LogP contribution in [-0.2, 0) is 9.53 Å². The Bertz CT molecular complexity index is 608. The number of amides is 1. The van der Waals surface area contributed by atoms with Gasteiger partial charge in [-0.2, -0.15) is 0 Å². The molecular weight excluding hydrogens is 282 g/mol. The van der Waals surface area contributed by atoms with Gasteiger partial charge in [0.1, 0.15) is 24.1 Å². The number of carbonyl (C=O) groups is 1. The van der Waals surface area contributed by atoms with Crippen molar-refractivity contribution < 1.29 is 9.53 Å². The maximum absolute atomic E-state index is 11.8. The first kappa shape index (κ1) is 14.5. The van der Waals surface area contributed by atoms with Gasteiger partial charge in [-0.1, -0.05) is 0 Å². The smallest absolute Gasteiger partial charge is 0.249 e. The summed E-state index contributed by atoms with van der Waals surface area (Å²) in [4.78, 5) is 20.2. The summed E-state index contributed by atoms with van der Waals surface area (Å²) in [6, 6.07) is 5.74. The van der Waals surface area contributed by atoms with Crippen LogP contribution >= 0.6 is 0 Å². The molecule has 116 valence electrons. The second kappa shape index (κ2) is 7.04. The minimum absolute atomic E-state index is 0.0324. The molecule has 1 amide bonds. The fraction of sp³-hybridized carbons (Fsp3) is 0.400. The Labute approximate surface area is 128 Å². The number of carbonyl (C=O) groups excluding carboxylic acids is 1. The number of nitrogens with zero attached hydrogens (tertiary/aromatic N) is 3. The molecule has 2 aromatic rings. The van der Waals surface area contributed by atoms with Gasteiger partial charge in [-0.3, -0.25) is 4.79 Å². The molecule has 1 unspecified atom stereocenters. The van der Waals surface area contributed by atoms with Crippen LogP contribution in [0, 0.1) is 0 Å². The molecule has 0 radical (unpaired) electrons. The normalized spacial score (nSPS) is 17.4. The van der Waals surface area contributed by atoms with Crippen molar-refractivity contribution in [3.63, 3.8) is 0 Å². The lowest BCUT2D eigenvalue weighted by Crippen LogP contribution is -2.36. The van der Waals surface area contributed by atoms with Crippen LogP contribution in [-0.4, -0.2) is 46.2 Å². The van der Waals surface area contributed by atoms with E-state index in [1.54, 1.807) is 0 Å². The Kier molecular flexibility index (Phi) is 4.65. The first-order valence-electron chi connectivity index (χ1n) is 7.41. The van der Waals surface area contributed by atoms with Gasteiger partial charge in [-0.05, 0) is 25.0 Å². The molecule has 2 N–H and O–H groups in total. The topological polar surface area (TPSA) is 81.1 Å². The summed E-state index contributed by atoms with van der Waals surface area (Å²) >= 11 is 0. The quantitative estimate of drug-likeness (QED) is 0.777. The van der Waals surface area contributed by atoms with Crippen molar-refractivity contribution in [2.45, 2.75) is 18.9 Å². The standard InChI is InChI=1S/C15H19N5O2/c21-15(12-4-3-9-22-12)17-6-5-16-13-10-14(19-11-18-13)20-7-1-2-8-20/h1-2,7-8,10-12H,3-6,9H2,(H,17,21)(H,16,18,19). The third kappa shape index (κ3) is 3.62. The lowest BCUT2D eigenvalue weighted by atomic mass is 10.2. The second-order valence-electron chi connectivity index (χ2n) is 5.07. The van der Waals surface area contributed by atoms with E-state index >= 15 is 0 Å². The largest absolute Gasteiger partial charge is 0.368 e. The Balaban J connectivity index is 1.45. The van der Waals surface area contributed by atoms with E-state index in [0.717, 1.165) is 24.5 Å². The molecule has 3 rings (SSSR count). The molecule has 1 fully saturated rings. The predicted molar refractivity (Wildman–Crippen MR) is 81.8 cm³/mol. The van der Waals surface area contributed by atoms with Crippen molar-refractivity contribution in [2.24, 2.45) is 0 Å². The van der Waals surface area contributed by atoms with E-state index in [9.17, 15) is 4.79 Å². The molecule has 0 aromatic carbocycles. The zero-order valence-corrected chi connectivity index (χ0v) is 12.2. The number of anilines is 1. The summed E-state index contributed by atoms with van der Waals surface area (Å²) in [6.45, 7) is 1.81. The van der Waals surface area contributed by atoms with Crippen molar-refractivity contribution in [3.8, 4) is 5.82 Å². The number of nitrogens with one attached hydrogen (secondary N) is 2. The van der Waals surface area contributed by atoms with Gasteiger partial charge in [0, 0.05) is 38.2 Å². The van der Waals surface area contributed by atoms with Crippen LogP contribution in [0.25, 0.3) is 5.82 Å². The van der Waals surface area contributed by atoms with Crippen LogP contribution < -0.4 is 10.6 Å². The highest BCUT2D eigenvalue weighted by atomic mass is 16.5. The van der Waals surface area contributed by atoms with E-state index in [1.165, 1.54) is 6.33 Å². The zero-order valence-electron chi connectivity index (χ0n) is 12.2. The van der Waals surface area contributed by atoms with Crippen molar-refractivity contribution >= 4 is 11.7 Å². The summed E-state index contributed by atoms with van der Waals surface area (Å²) in [6.07, 6.45) is 6.86. The second-order valence-corrected chi connectivity index (χ2v) is 5.07. The summed E-state index contributed by atoms with van der Waals surface area (Å²) in [5.41, 5.74) is 0. The molecule has 22 heavy (non-hydrogen) atoms. The van der Waals surface area contributed by atoms with E-state index in [4.69, 9.17) is 4.74 Å². The number of rotatable bonds is 6. The van der Waals surface area contributed by atoms with E-state index in [0.29, 0.717) is 19.7 Å². The Morgan fingerprint density at radius 2 is 2.18 bits per heavy atom. The highest BCUT2D eigenvalue weighted by molar-refractivity contribution is 5.80. The fourth-order valence-corrected chi connectivity index (χ4v) is 2.35. The Morgan fingerprint density at radius 1 is 1.32 bits per heavy atom. The fourth-order valence-electron chi connectivity index (χ4n) is 2.35. The molecule has 1 atom stereocenters. The highest BCUT2D eigenvalue weighted by Gasteiger charge is 2.22. The third-order valence-electron chi connectivity index (χ3n) is 3.47. The molecule has 1 saturated heterocycles. The maximum atomic E-state index is 11.8. The Hall–Kier alpha value is -2.41. The first-order chi connectivity index (χ1) is 10.8. The van der Waals surface area contributed by atoms with Crippen LogP contribution in [0.3, 0.4) is 0 Å². The van der Waals surface area contributed by atoms with Gasteiger partial charge in [0.15, 0.2) is 0 Å². The van der Waals surface area contributed by atoms with Crippen molar-refractivity contribution in [3.05, 3.63) is 36.9 Å². The molecule has 1 aliphatic heterocycles. The summed E-state index contributed by atoms with van der Waals surface area (Å²) in [5, 5.41) is 6.03. The minimum Gasteiger partial charge on any atom is -0.368 e. The van der Waals surface area contributed by atoms with Gasteiger partial charge in [-0.15, -0.1) is 0 Å². The molecular formula is C15H19N5O2. The van der Waals surface area contributed by atoms with E-state index in [1.807, 2.05) is 35.2 Å². The summed E-state index contributed by atoms with van der Waals surface area (Å²) < 4.78 is 7.24. The van der Waals surface area contributed by atoms with Crippen molar-refractivity contribution in [1.29, 1.82) is 0 Å². The summed E-state index contributed by atoms with van der Waals surface area (Å²) in [7, 11) is 0. The average Bonchev–Trinajstić information content (AvgIpc) is 3.24. The molecule has 0 bridgehead atoms. The van der Waals surface area contributed by atoms with Gasteiger partial charge < -0.3 is 19.9 Å². The number of ether oxygens (including phenoxy) is 1. The maximum Gasteiger partial charge on any atom is 0.249 e. The molecule has 2 aromatic heterocycles. The SMILES string of the molecule is O=C(NCCNc1cc(-n2cccc2)ncn1)C1CCCO1. The van der Waals surface area contributed by atoms with Crippen molar-refractivity contribution in [2.75, 3.05) is 25.0 Å². The van der Waals surface area contributed by atoms with E-state index in [-0.39, 0.29) is 12.0 Å². The molecule has 7 nitrogen and oxygen atoms in total. The summed E-state index contributed by atoms with van der Waals surface area (Å²) in [5.74, 6) is 1.49. The molecule has 0 spiro atoms. The lowest BCUT2D eigenvalue weighted by Gasteiger charge is -2.11. The van der Waals surface area contributed by atoms with Crippen LogP contribution in [0.15, 0.2) is 36.9 Å². The van der Waals surface area contributed by atoms with Crippen LogP contribution in [0.1, 0.15) is 12.8 Å². The zero-order chi connectivity index (χ0) is 15.2. The molecule has 0 aliphatic carbocycles. The van der Waals surface area contributed by atoms with Gasteiger partial charge in [0.25, 0.3) is 0 Å². The van der Waals surface area contributed by atoms with Crippen LogP contribution in [0.4, 0.5) is 5.82 Å². The predicted octanol–water partition coefficient (Wildman–Crippen LogP) is 0.974. The highest BCUT2D eigenvalue weighted by Crippen LogP contribution is 2.11. The molecule has 3 heterocycles. The lowest BCUT2D eigenvalue weighted by molar-refractivity contribution is -0.129. The number of aromatic nitrogens is 3. The number of hydrogen-bond acceptors (Lipinski definition) is 5. The van der Waals surface area contributed by atoms with Crippen LogP contribution in [0.5, 0.6) is 0 Å². The first-order valence-corrected chi connectivity index (χ1v) is 7.41. The van der Waals surface area contributed by atoms with Gasteiger partial charge in [0.05, 0.1) is 0 Å².